The minimum atomic E-state index is 0.263. The predicted octanol–water partition coefficient (Wildman–Crippen LogP) is 0.853. The van der Waals surface area contributed by atoms with Crippen molar-refractivity contribution in [2.45, 2.75) is 32.7 Å². The van der Waals surface area contributed by atoms with Crippen molar-refractivity contribution in [2.24, 2.45) is 5.92 Å². The van der Waals surface area contributed by atoms with E-state index in [2.05, 4.69) is 19.2 Å². The van der Waals surface area contributed by atoms with E-state index in [0.29, 0.717) is 18.4 Å². The molecule has 1 amide bonds. The standard InChI is InChI=1S/C10H20N2O/c1-8(2)6-9-7-12(3)10(13)4-5-11-9/h8-9,11H,4-7H2,1-3H3. The van der Waals surface area contributed by atoms with Crippen LogP contribution in [0.4, 0.5) is 0 Å². The Morgan fingerprint density at radius 1 is 1.62 bits per heavy atom. The molecule has 0 radical (unpaired) electrons. The van der Waals surface area contributed by atoms with E-state index in [0.717, 1.165) is 19.5 Å². The minimum Gasteiger partial charge on any atom is -0.344 e. The average Bonchev–Trinajstić information content (AvgIpc) is 2.14. The third kappa shape index (κ3) is 3.35. The molecule has 3 heteroatoms. The first-order chi connectivity index (χ1) is 6.09. The maximum atomic E-state index is 11.3. The highest BCUT2D eigenvalue weighted by Gasteiger charge is 2.19. The molecule has 0 spiro atoms. The average molecular weight is 184 g/mol. The lowest BCUT2D eigenvalue weighted by molar-refractivity contribution is -0.129. The van der Waals surface area contributed by atoms with Crippen LogP contribution in [0.1, 0.15) is 26.7 Å². The molecular formula is C10H20N2O. The minimum absolute atomic E-state index is 0.263. The molecule has 0 saturated carbocycles. The highest BCUT2D eigenvalue weighted by atomic mass is 16.2. The zero-order valence-corrected chi connectivity index (χ0v) is 8.84. The van der Waals surface area contributed by atoms with Gasteiger partial charge >= 0.3 is 0 Å². The largest absolute Gasteiger partial charge is 0.344 e. The van der Waals surface area contributed by atoms with E-state index < -0.39 is 0 Å². The Bertz CT molecular complexity index is 180. The van der Waals surface area contributed by atoms with Gasteiger partial charge in [-0.25, -0.2) is 0 Å². The smallest absolute Gasteiger partial charge is 0.223 e. The lowest BCUT2D eigenvalue weighted by Gasteiger charge is -2.22. The quantitative estimate of drug-likeness (QED) is 0.690. The molecule has 0 aliphatic carbocycles. The van der Waals surface area contributed by atoms with Crippen molar-refractivity contribution in [1.29, 1.82) is 0 Å². The van der Waals surface area contributed by atoms with Gasteiger partial charge in [0.25, 0.3) is 0 Å². The first kappa shape index (κ1) is 10.5. The molecule has 0 aromatic heterocycles. The molecule has 0 aromatic carbocycles. The topological polar surface area (TPSA) is 32.3 Å². The summed E-state index contributed by atoms with van der Waals surface area (Å²) in [6, 6.07) is 0.483. The number of nitrogens with one attached hydrogen (secondary N) is 1. The highest BCUT2D eigenvalue weighted by Crippen LogP contribution is 2.08. The van der Waals surface area contributed by atoms with Crippen molar-refractivity contribution >= 4 is 5.91 Å². The van der Waals surface area contributed by atoms with Crippen LogP contribution in [0.15, 0.2) is 0 Å². The monoisotopic (exact) mass is 184 g/mol. The summed E-state index contributed by atoms with van der Waals surface area (Å²) < 4.78 is 0. The number of likely N-dealkylation sites (N-methyl/N-ethyl adjacent to an activating group) is 1. The van der Waals surface area contributed by atoms with Gasteiger partial charge in [0.2, 0.25) is 5.91 Å². The molecule has 1 heterocycles. The molecule has 1 unspecified atom stereocenters. The summed E-state index contributed by atoms with van der Waals surface area (Å²) in [6.45, 7) is 6.13. The Hall–Kier alpha value is -0.570. The van der Waals surface area contributed by atoms with Gasteiger partial charge in [0.05, 0.1) is 0 Å². The highest BCUT2D eigenvalue weighted by molar-refractivity contribution is 5.76. The molecule has 1 aliphatic heterocycles. The van der Waals surface area contributed by atoms with Crippen LogP contribution in [0.5, 0.6) is 0 Å². The second-order valence-electron chi connectivity index (χ2n) is 4.30. The molecule has 1 rings (SSSR count). The van der Waals surface area contributed by atoms with Crippen LogP contribution in [0.25, 0.3) is 0 Å². The zero-order valence-electron chi connectivity index (χ0n) is 8.84. The number of hydrogen-bond donors (Lipinski definition) is 1. The lowest BCUT2D eigenvalue weighted by atomic mass is 10.0. The SMILES string of the molecule is CC(C)CC1CN(C)C(=O)CCN1. The van der Waals surface area contributed by atoms with E-state index in [1.807, 2.05) is 11.9 Å². The van der Waals surface area contributed by atoms with Crippen LogP contribution in [-0.2, 0) is 4.79 Å². The van der Waals surface area contributed by atoms with Gasteiger partial charge in [-0.3, -0.25) is 4.79 Å². The van der Waals surface area contributed by atoms with Gasteiger partial charge in [-0.1, -0.05) is 13.8 Å². The lowest BCUT2D eigenvalue weighted by Crippen LogP contribution is -2.37. The molecule has 3 nitrogen and oxygen atoms in total. The number of nitrogens with zero attached hydrogens (tertiary/aromatic N) is 1. The maximum Gasteiger partial charge on any atom is 0.223 e. The summed E-state index contributed by atoms with van der Waals surface area (Å²) in [4.78, 5) is 13.2. The van der Waals surface area contributed by atoms with E-state index >= 15 is 0 Å². The number of amides is 1. The molecule has 0 aromatic rings. The van der Waals surface area contributed by atoms with Crippen molar-refractivity contribution in [2.75, 3.05) is 20.1 Å². The zero-order chi connectivity index (χ0) is 9.84. The van der Waals surface area contributed by atoms with Crippen molar-refractivity contribution in [3.8, 4) is 0 Å². The molecule has 1 saturated heterocycles. The van der Waals surface area contributed by atoms with Crippen LogP contribution in [0, 0.1) is 5.92 Å². The molecule has 0 bridgehead atoms. The van der Waals surface area contributed by atoms with E-state index in [1.54, 1.807) is 0 Å². The van der Waals surface area contributed by atoms with Crippen molar-refractivity contribution in [3.05, 3.63) is 0 Å². The number of hydrogen-bond acceptors (Lipinski definition) is 2. The number of carbonyl (C=O) groups is 1. The summed E-state index contributed by atoms with van der Waals surface area (Å²) >= 11 is 0. The van der Waals surface area contributed by atoms with E-state index in [1.165, 1.54) is 0 Å². The van der Waals surface area contributed by atoms with Gasteiger partial charge in [-0.2, -0.15) is 0 Å². The molecule has 13 heavy (non-hydrogen) atoms. The van der Waals surface area contributed by atoms with Gasteiger partial charge in [0.15, 0.2) is 0 Å². The van der Waals surface area contributed by atoms with Crippen LogP contribution in [0.2, 0.25) is 0 Å². The van der Waals surface area contributed by atoms with Gasteiger partial charge in [0.1, 0.15) is 0 Å². The van der Waals surface area contributed by atoms with Gasteiger partial charge in [-0.15, -0.1) is 0 Å². The van der Waals surface area contributed by atoms with Crippen LogP contribution in [-0.4, -0.2) is 37.0 Å². The molecule has 1 aliphatic rings. The Balaban J connectivity index is 2.44. The molecule has 1 fully saturated rings. The third-order valence-corrected chi connectivity index (χ3v) is 2.45. The molecule has 1 N–H and O–H groups in total. The Labute approximate surface area is 80.5 Å². The Kier molecular flexibility index (Phi) is 3.72. The first-order valence-electron chi connectivity index (χ1n) is 5.07. The normalized spacial score (nSPS) is 25.1. The van der Waals surface area contributed by atoms with Gasteiger partial charge < -0.3 is 10.2 Å². The summed E-state index contributed by atoms with van der Waals surface area (Å²) in [5, 5.41) is 3.41. The molecule has 1 atom stereocenters. The van der Waals surface area contributed by atoms with Crippen molar-refractivity contribution in [1.82, 2.24) is 10.2 Å². The van der Waals surface area contributed by atoms with Crippen molar-refractivity contribution in [3.63, 3.8) is 0 Å². The van der Waals surface area contributed by atoms with Crippen LogP contribution in [0.3, 0.4) is 0 Å². The first-order valence-corrected chi connectivity index (χ1v) is 5.07. The molecule has 76 valence electrons. The Morgan fingerprint density at radius 2 is 2.31 bits per heavy atom. The summed E-state index contributed by atoms with van der Waals surface area (Å²) in [6.07, 6.45) is 1.79. The number of rotatable bonds is 2. The fraction of sp³-hybridized carbons (Fsp3) is 0.900. The van der Waals surface area contributed by atoms with E-state index in [4.69, 9.17) is 0 Å². The third-order valence-electron chi connectivity index (χ3n) is 2.45. The van der Waals surface area contributed by atoms with Crippen LogP contribution < -0.4 is 5.32 Å². The number of carbonyl (C=O) groups excluding carboxylic acids is 1. The summed E-state index contributed by atoms with van der Waals surface area (Å²) in [7, 11) is 1.89. The second kappa shape index (κ2) is 4.61. The van der Waals surface area contributed by atoms with Crippen molar-refractivity contribution < 1.29 is 4.79 Å². The maximum absolute atomic E-state index is 11.3. The molecular weight excluding hydrogens is 164 g/mol. The van der Waals surface area contributed by atoms with Gasteiger partial charge in [-0.05, 0) is 12.3 Å². The van der Waals surface area contributed by atoms with Gasteiger partial charge in [0, 0.05) is 32.6 Å². The second-order valence-corrected chi connectivity index (χ2v) is 4.30. The fourth-order valence-electron chi connectivity index (χ4n) is 1.80. The van der Waals surface area contributed by atoms with E-state index in [9.17, 15) is 4.79 Å². The fourth-order valence-corrected chi connectivity index (χ4v) is 1.80. The van der Waals surface area contributed by atoms with E-state index in [-0.39, 0.29) is 5.91 Å². The van der Waals surface area contributed by atoms with Crippen LogP contribution >= 0.6 is 0 Å². The Morgan fingerprint density at radius 3 is 2.92 bits per heavy atom. The predicted molar refractivity (Wildman–Crippen MR) is 53.5 cm³/mol. The summed E-state index contributed by atoms with van der Waals surface area (Å²) in [5.41, 5.74) is 0. The summed E-state index contributed by atoms with van der Waals surface area (Å²) in [5.74, 6) is 0.956.